The minimum absolute atomic E-state index is 0.00808. The van der Waals surface area contributed by atoms with Crippen molar-refractivity contribution in [3.8, 4) is 5.75 Å². The van der Waals surface area contributed by atoms with Gasteiger partial charge in [-0.05, 0) is 23.8 Å². The molecule has 1 aliphatic rings. The Balaban J connectivity index is 1.80. The Morgan fingerprint density at radius 3 is 2.70 bits per heavy atom. The molecule has 2 aromatic carbocycles. The number of hydrogen-bond donors (Lipinski definition) is 0. The fourth-order valence-corrected chi connectivity index (χ4v) is 2.82. The molecule has 0 radical (unpaired) electrons. The Labute approximate surface area is 136 Å². The van der Waals surface area contributed by atoms with Gasteiger partial charge in [-0.15, -0.1) is 0 Å². The van der Waals surface area contributed by atoms with Crippen LogP contribution in [-0.4, -0.2) is 44.1 Å². The first-order chi connectivity index (χ1) is 11.3. The van der Waals surface area contributed by atoms with Gasteiger partial charge in [0.1, 0.15) is 5.75 Å². The molecule has 0 saturated carbocycles. The number of nitrogens with zero attached hydrogens (tertiary/aromatic N) is 1. The van der Waals surface area contributed by atoms with E-state index >= 15 is 0 Å². The molecule has 0 unspecified atom stereocenters. The third-order valence-electron chi connectivity index (χ3n) is 4.05. The van der Waals surface area contributed by atoms with E-state index in [-0.39, 0.29) is 5.78 Å². The molecule has 1 aliphatic heterocycles. The van der Waals surface area contributed by atoms with Crippen molar-refractivity contribution in [2.24, 2.45) is 0 Å². The maximum Gasteiger partial charge on any atom is 0.196 e. The molecule has 0 aromatic heterocycles. The summed E-state index contributed by atoms with van der Waals surface area (Å²) in [7, 11) is 1.58. The van der Waals surface area contributed by atoms with Gasteiger partial charge in [-0.2, -0.15) is 0 Å². The number of benzene rings is 2. The van der Waals surface area contributed by atoms with Crippen LogP contribution in [0.15, 0.2) is 48.5 Å². The second-order valence-corrected chi connectivity index (χ2v) is 5.62. The van der Waals surface area contributed by atoms with Gasteiger partial charge < -0.3 is 9.47 Å². The van der Waals surface area contributed by atoms with Crippen molar-refractivity contribution in [3.63, 3.8) is 0 Å². The summed E-state index contributed by atoms with van der Waals surface area (Å²) in [5.41, 5.74) is 2.44. The van der Waals surface area contributed by atoms with E-state index in [9.17, 15) is 4.79 Å². The van der Waals surface area contributed by atoms with Crippen molar-refractivity contribution in [2.45, 2.75) is 6.54 Å². The molecule has 2 aromatic rings. The van der Waals surface area contributed by atoms with Crippen LogP contribution in [-0.2, 0) is 11.3 Å². The van der Waals surface area contributed by atoms with Gasteiger partial charge in [0.15, 0.2) is 5.78 Å². The predicted molar refractivity (Wildman–Crippen MR) is 89.0 cm³/mol. The molecule has 0 spiro atoms. The van der Waals surface area contributed by atoms with Crippen LogP contribution in [0.25, 0.3) is 0 Å². The molecule has 120 valence electrons. The summed E-state index contributed by atoms with van der Waals surface area (Å²) >= 11 is 0. The third kappa shape index (κ3) is 3.78. The zero-order valence-corrected chi connectivity index (χ0v) is 13.3. The first-order valence-corrected chi connectivity index (χ1v) is 7.84. The van der Waals surface area contributed by atoms with Crippen LogP contribution in [0.3, 0.4) is 0 Å². The number of para-hydroxylation sites is 1. The number of ketones is 1. The van der Waals surface area contributed by atoms with Crippen molar-refractivity contribution < 1.29 is 14.3 Å². The number of ether oxygens (including phenoxy) is 2. The first kappa shape index (κ1) is 15.7. The minimum Gasteiger partial charge on any atom is -0.496 e. The largest absolute Gasteiger partial charge is 0.496 e. The van der Waals surface area contributed by atoms with Crippen molar-refractivity contribution in [1.82, 2.24) is 4.90 Å². The zero-order valence-electron chi connectivity index (χ0n) is 13.3. The third-order valence-corrected chi connectivity index (χ3v) is 4.05. The highest BCUT2D eigenvalue weighted by molar-refractivity contribution is 6.10. The number of hydrogen-bond acceptors (Lipinski definition) is 4. The molecule has 4 heteroatoms. The lowest BCUT2D eigenvalue weighted by molar-refractivity contribution is 0.0342. The summed E-state index contributed by atoms with van der Waals surface area (Å²) in [4.78, 5) is 15.1. The summed E-state index contributed by atoms with van der Waals surface area (Å²) in [6.07, 6.45) is 0. The van der Waals surface area contributed by atoms with Gasteiger partial charge in [0, 0.05) is 25.2 Å². The van der Waals surface area contributed by atoms with Gasteiger partial charge in [-0.3, -0.25) is 9.69 Å². The van der Waals surface area contributed by atoms with E-state index in [4.69, 9.17) is 9.47 Å². The minimum atomic E-state index is -0.00808. The number of morpholine rings is 1. The Bertz CT molecular complexity index is 678. The van der Waals surface area contributed by atoms with Gasteiger partial charge >= 0.3 is 0 Å². The van der Waals surface area contributed by atoms with E-state index in [0.717, 1.165) is 38.4 Å². The standard InChI is InChI=1S/C19H21NO3/c1-22-18-8-3-2-7-17(18)19(21)16-6-4-5-15(13-16)14-20-9-11-23-12-10-20/h2-8,13H,9-12,14H2,1H3. The van der Waals surface area contributed by atoms with Gasteiger partial charge in [0.05, 0.1) is 25.9 Å². The molecule has 1 heterocycles. The smallest absolute Gasteiger partial charge is 0.196 e. The Morgan fingerprint density at radius 1 is 1.13 bits per heavy atom. The van der Waals surface area contributed by atoms with Crippen LogP contribution in [0, 0.1) is 0 Å². The molecule has 1 saturated heterocycles. The lowest BCUT2D eigenvalue weighted by atomic mass is 10.0. The molecule has 0 atom stereocenters. The fourth-order valence-electron chi connectivity index (χ4n) is 2.82. The molecule has 3 rings (SSSR count). The molecule has 1 fully saturated rings. The second-order valence-electron chi connectivity index (χ2n) is 5.62. The van der Waals surface area contributed by atoms with E-state index in [0.29, 0.717) is 16.9 Å². The predicted octanol–water partition coefficient (Wildman–Crippen LogP) is 2.76. The van der Waals surface area contributed by atoms with Gasteiger partial charge in [-0.25, -0.2) is 0 Å². The van der Waals surface area contributed by atoms with Crippen molar-refractivity contribution >= 4 is 5.78 Å². The summed E-state index contributed by atoms with van der Waals surface area (Å²) < 4.78 is 10.7. The van der Waals surface area contributed by atoms with E-state index in [1.54, 1.807) is 13.2 Å². The lowest BCUT2D eigenvalue weighted by Crippen LogP contribution is -2.35. The highest BCUT2D eigenvalue weighted by atomic mass is 16.5. The number of rotatable bonds is 5. The Morgan fingerprint density at radius 2 is 1.91 bits per heavy atom. The van der Waals surface area contributed by atoms with Crippen LogP contribution in [0.5, 0.6) is 5.75 Å². The molecule has 0 amide bonds. The quantitative estimate of drug-likeness (QED) is 0.796. The van der Waals surface area contributed by atoms with Gasteiger partial charge in [0.2, 0.25) is 0 Å². The normalized spacial score (nSPS) is 15.3. The van der Waals surface area contributed by atoms with E-state index in [1.165, 1.54) is 0 Å². The molecule has 0 aliphatic carbocycles. The molecule has 23 heavy (non-hydrogen) atoms. The molecule has 0 bridgehead atoms. The second kappa shape index (κ2) is 7.40. The number of carbonyl (C=O) groups is 1. The lowest BCUT2D eigenvalue weighted by Gasteiger charge is -2.26. The summed E-state index contributed by atoms with van der Waals surface area (Å²) in [6.45, 7) is 4.27. The number of methoxy groups -OCH3 is 1. The maximum atomic E-state index is 12.8. The van der Waals surface area contributed by atoms with Gasteiger partial charge in [-0.1, -0.05) is 30.3 Å². The van der Waals surface area contributed by atoms with Crippen LogP contribution >= 0.6 is 0 Å². The average Bonchev–Trinajstić information content (AvgIpc) is 2.62. The molecule has 4 nitrogen and oxygen atoms in total. The monoisotopic (exact) mass is 311 g/mol. The summed E-state index contributed by atoms with van der Waals surface area (Å²) in [6, 6.07) is 15.2. The van der Waals surface area contributed by atoms with Crippen molar-refractivity contribution in [3.05, 3.63) is 65.2 Å². The van der Waals surface area contributed by atoms with Gasteiger partial charge in [0.25, 0.3) is 0 Å². The average molecular weight is 311 g/mol. The highest BCUT2D eigenvalue weighted by Crippen LogP contribution is 2.22. The molecular formula is C19H21NO3. The van der Waals surface area contributed by atoms with Crippen LogP contribution < -0.4 is 4.74 Å². The van der Waals surface area contributed by atoms with E-state index in [1.807, 2.05) is 36.4 Å². The highest BCUT2D eigenvalue weighted by Gasteiger charge is 2.15. The fraction of sp³-hybridized carbons (Fsp3) is 0.316. The van der Waals surface area contributed by atoms with E-state index < -0.39 is 0 Å². The van der Waals surface area contributed by atoms with Crippen molar-refractivity contribution in [1.29, 1.82) is 0 Å². The van der Waals surface area contributed by atoms with E-state index in [2.05, 4.69) is 11.0 Å². The SMILES string of the molecule is COc1ccccc1C(=O)c1cccc(CN2CCOCC2)c1. The molecule has 0 N–H and O–H groups in total. The zero-order chi connectivity index (χ0) is 16.1. The van der Waals surface area contributed by atoms with Crippen LogP contribution in [0.4, 0.5) is 0 Å². The van der Waals surface area contributed by atoms with Crippen LogP contribution in [0.2, 0.25) is 0 Å². The molecular weight excluding hydrogens is 290 g/mol. The Hall–Kier alpha value is -2.17. The number of carbonyl (C=O) groups excluding carboxylic acids is 1. The summed E-state index contributed by atoms with van der Waals surface area (Å²) in [5, 5.41) is 0. The Kier molecular flexibility index (Phi) is 5.05. The topological polar surface area (TPSA) is 38.8 Å². The first-order valence-electron chi connectivity index (χ1n) is 7.84. The van der Waals surface area contributed by atoms with Crippen LogP contribution in [0.1, 0.15) is 21.5 Å². The summed E-state index contributed by atoms with van der Waals surface area (Å²) in [5.74, 6) is 0.599. The van der Waals surface area contributed by atoms with Crippen molar-refractivity contribution in [2.75, 3.05) is 33.4 Å². The maximum absolute atomic E-state index is 12.8.